The molecule has 0 spiro atoms. The van der Waals surface area contributed by atoms with Gasteiger partial charge in [0, 0.05) is 51.4 Å². The second-order valence-corrected chi connectivity index (χ2v) is 33.2. The first-order valence-corrected chi connectivity index (χ1v) is 44.6. The molecular formula is C87H71ClF5IN30O11S5. The molecule has 10 aromatic carbocycles. The van der Waals surface area contributed by atoms with Gasteiger partial charge in [-0.1, -0.05) is 199 Å². The molecule has 53 heteroatoms. The number of rotatable bonds is 14. The molecule has 0 unspecified atom stereocenters. The number of thiol groups is 1. The molecule has 0 bridgehead atoms. The van der Waals surface area contributed by atoms with Crippen LogP contribution in [-0.4, -0.2) is 139 Å². The first-order valence-electron chi connectivity index (χ1n) is 39.4. The number of nitrogen functional groups attached to an aromatic ring is 9. The Kier molecular flexibility index (Phi) is 34.8. The van der Waals surface area contributed by atoms with Crippen molar-refractivity contribution >= 4 is 236 Å². The number of anilines is 10. The molecular weight excluding hydrogens is 2060 g/mol. The molecule has 140 heavy (non-hydrogen) atoms. The van der Waals surface area contributed by atoms with E-state index in [1.165, 1.54) is 92.2 Å². The quantitative estimate of drug-likeness (QED) is 0.00553. The van der Waals surface area contributed by atoms with Gasteiger partial charge in [-0.2, -0.15) is 79.4 Å². The third-order valence-corrected chi connectivity index (χ3v) is 23.7. The predicted octanol–water partition coefficient (Wildman–Crippen LogP) is 18.4. The van der Waals surface area contributed by atoms with Gasteiger partial charge < -0.3 is 70.6 Å². The van der Waals surface area contributed by atoms with Crippen molar-refractivity contribution < 1.29 is 65.1 Å². The number of para-hydroxylation sites is 5. The first-order chi connectivity index (χ1) is 67.2. The summed E-state index contributed by atoms with van der Waals surface area (Å²) in [7, 11) is 3.39. The SMILES string of the molecule is COC(=O)Nc1c(N)nc(-n2nc(Sc3ccccc3F)c3ccccc32)nc1N.COC(=O)OC(=O)OC.Fc1ccccc1S.Fc1ccccc1Sc1n[nH]c2ccccc12.Ic1[nH]nc2ccccc12.Nc1nc(-n2nc(Sc3ccccc3F)c3ccccc32)nc(N)c1N.Nc1nc(-n2nc(Sc3ccccc3F)c3ccccc32)nc(N)c1[N+](=O)[O-].Nc1nc(Cl)nc(N)c1[N+](=O)[O-]. The zero-order chi connectivity index (χ0) is 101. The van der Waals surface area contributed by atoms with E-state index in [-0.39, 0.29) is 110 Å². The predicted molar refractivity (Wildman–Crippen MR) is 533 cm³/mol. The number of aromatic nitrogens is 18. The standard InChI is InChI=1S/C19H16FN7O2S.C17H12FN7O2S.C17H14FN7S.C13H9FN2S.C7H5IN2.C6H5FS.C4H4ClN5O2.C4H6O5/c1-29-19(28)23-14-15(21)24-18(25-16(14)22)27-12-8-4-2-6-10(12)17(26-27)30-13-9-5-3-7-11(13)20;18-10-6-2-4-8-12(10)28-16-9-5-1-3-7-11(9)24(23-16)17-21-14(19)13(25(26)27)15(20)22-17;18-10-6-2-4-8-12(10)26-16-9-5-1-3-7-11(9)25(24-16)17-22-14(20)13(19)15(21)23-17;14-10-6-2-4-8-12(10)17-13-9-5-1-3-7-11(9)15-16-13;8-7-5-3-1-2-4-6(5)9-10-7;7-5-3-1-2-4-6(5)8;5-4-8-2(6)1(10(11)12)3(7)9-4;1-7-3(5)9-4(6)8-2/h2-9H,1H3,(H,23,28)(H4,21,22,24,25);1-8H,(H4,19,20,21,22);1-8H,19H2,(H4,20,21,22,23);1-8H,(H,15,16);1-4H,(H,9,10);1-4,8H;(H4,6,7,8,9);1-2H3. The number of nitrogens with two attached hydrogens (primary N) is 9. The first kappa shape index (κ1) is 102. The largest absolute Gasteiger partial charge is 0.518 e. The van der Waals surface area contributed by atoms with Gasteiger partial charge in [0.1, 0.15) is 64.3 Å². The van der Waals surface area contributed by atoms with Crippen LogP contribution < -0.4 is 56.9 Å². The normalized spacial score (nSPS) is 10.5. The number of halogens is 7. The number of hydrogen-bond acceptors (Lipinski definition) is 38. The second-order valence-electron chi connectivity index (χ2n) is 27.2. The highest BCUT2D eigenvalue weighted by atomic mass is 127. The number of benzene rings is 10. The van der Waals surface area contributed by atoms with Crippen LogP contribution in [0.2, 0.25) is 5.28 Å². The van der Waals surface area contributed by atoms with Crippen LogP contribution in [0.5, 0.6) is 0 Å². The molecule has 714 valence electrons. The molecule has 0 radical (unpaired) electrons. The van der Waals surface area contributed by atoms with Crippen LogP contribution in [0.25, 0.3) is 72.4 Å². The van der Waals surface area contributed by atoms with Gasteiger partial charge in [-0.15, -0.1) is 12.6 Å². The molecule has 0 saturated carbocycles. The lowest BCUT2D eigenvalue weighted by molar-refractivity contribution is -0.383. The zero-order valence-corrected chi connectivity index (χ0v) is 79.1. The van der Waals surface area contributed by atoms with Crippen LogP contribution in [0.3, 0.4) is 0 Å². The van der Waals surface area contributed by atoms with Gasteiger partial charge in [-0.25, -0.2) is 36.3 Å². The summed E-state index contributed by atoms with van der Waals surface area (Å²) in [5, 5.41) is 58.2. The Bertz CT molecular complexity index is 7650. The highest BCUT2D eigenvalue weighted by molar-refractivity contribution is 14.1. The number of fused-ring (bicyclic) bond motifs is 5. The molecule has 19 rings (SSSR count). The topological polar surface area (TPSA) is 635 Å². The maximum Gasteiger partial charge on any atom is 0.518 e. The lowest BCUT2D eigenvalue weighted by Gasteiger charge is -2.10. The summed E-state index contributed by atoms with van der Waals surface area (Å²) in [4.78, 5) is 85.1. The Morgan fingerprint density at radius 2 is 0.721 bits per heavy atom. The maximum absolute atomic E-state index is 14.1. The lowest BCUT2D eigenvalue weighted by Crippen LogP contribution is -2.17. The minimum absolute atomic E-state index is 0.0165. The average Bonchev–Trinajstić information content (AvgIpc) is 1.63. The van der Waals surface area contributed by atoms with Crippen molar-refractivity contribution in [2.75, 3.05) is 78.2 Å². The van der Waals surface area contributed by atoms with Crippen LogP contribution in [-0.2, 0) is 18.9 Å². The fraction of sp³-hybridized carbons (Fsp3) is 0.0345. The van der Waals surface area contributed by atoms with E-state index >= 15 is 0 Å². The summed E-state index contributed by atoms with van der Waals surface area (Å²) in [5.41, 5.74) is 54.1. The minimum atomic E-state index is -1.08. The molecule has 19 aromatic rings. The summed E-state index contributed by atoms with van der Waals surface area (Å²) in [6, 6.07) is 70.3. The minimum Gasteiger partial charge on any atom is -0.453 e. The summed E-state index contributed by atoms with van der Waals surface area (Å²) in [6.45, 7) is 0. The number of nitrogens with zero attached hydrogens (tertiary/aromatic N) is 18. The number of carbonyl (C=O) groups excluding carboxylic acids is 3. The number of aromatic amines is 2. The van der Waals surface area contributed by atoms with E-state index in [2.05, 4.69) is 141 Å². The molecule has 9 heterocycles. The number of hydrogen-bond donors (Lipinski definition) is 13. The number of methoxy groups -OCH3 is 3. The van der Waals surface area contributed by atoms with E-state index in [0.29, 0.717) is 50.6 Å². The van der Waals surface area contributed by atoms with Crippen molar-refractivity contribution in [1.29, 1.82) is 0 Å². The van der Waals surface area contributed by atoms with Crippen molar-refractivity contribution in [1.82, 2.24) is 89.6 Å². The number of H-pyrrole nitrogens is 2. The van der Waals surface area contributed by atoms with Gasteiger partial charge in [-0.05, 0) is 125 Å². The van der Waals surface area contributed by atoms with E-state index in [1.54, 1.807) is 97.1 Å². The number of carbonyl (C=O) groups is 3. The molecule has 0 aliphatic heterocycles. The molecule has 9 aromatic heterocycles. The highest BCUT2D eigenvalue weighted by Gasteiger charge is 2.27. The van der Waals surface area contributed by atoms with Gasteiger partial charge in [0.15, 0.2) is 23.3 Å². The number of amides is 1. The molecule has 0 saturated heterocycles. The van der Waals surface area contributed by atoms with E-state index in [9.17, 15) is 56.6 Å². The fourth-order valence-corrected chi connectivity index (χ4v) is 16.3. The van der Waals surface area contributed by atoms with Crippen LogP contribution in [0, 0.1) is 53.0 Å². The summed E-state index contributed by atoms with van der Waals surface area (Å²) in [6.07, 6.45) is -2.92. The Hall–Kier alpha value is -16.7. The van der Waals surface area contributed by atoms with E-state index in [4.69, 9.17) is 63.2 Å². The van der Waals surface area contributed by atoms with E-state index < -0.39 is 39.6 Å². The molecule has 41 nitrogen and oxygen atoms in total. The summed E-state index contributed by atoms with van der Waals surface area (Å²) in [5.74, 6) is -2.56. The van der Waals surface area contributed by atoms with E-state index in [1.807, 2.05) is 109 Å². The van der Waals surface area contributed by atoms with Gasteiger partial charge in [-0.3, -0.25) is 35.7 Å². The van der Waals surface area contributed by atoms with Crippen molar-refractivity contribution in [3.63, 3.8) is 0 Å². The smallest absolute Gasteiger partial charge is 0.453 e. The Labute approximate surface area is 826 Å². The average molecular weight is 2130 g/mol. The maximum atomic E-state index is 14.1. The molecule has 0 aliphatic rings. The van der Waals surface area contributed by atoms with Crippen molar-refractivity contribution in [3.8, 4) is 17.8 Å². The van der Waals surface area contributed by atoms with Crippen LogP contribution in [0.4, 0.5) is 106 Å². The fourth-order valence-electron chi connectivity index (χ4n) is 11.7. The Morgan fingerprint density at radius 1 is 0.400 bits per heavy atom. The van der Waals surface area contributed by atoms with Crippen LogP contribution in [0.15, 0.2) is 287 Å². The molecule has 0 atom stereocenters. The summed E-state index contributed by atoms with van der Waals surface area (Å²) >= 11 is 16.3. The van der Waals surface area contributed by atoms with Gasteiger partial charge in [0.2, 0.25) is 28.6 Å². The van der Waals surface area contributed by atoms with Gasteiger partial charge in [0.25, 0.3) is 17.8 Å². The molecule has 0 fully saturated rings. The van der Waals surface area contributed by atoms with Crippen molar-refractivity contribution in [2.45, 2.75) is 44.6 Å². The van der Waals surface area contributed by atoms with E-state index in [0.717, 1.165) is 72.8 Å². The Balaban J connectivity index is 0.000000149. The third-order valence-electron chi connectivity index (χ3n) is 18.2. The second kappa shape index (κ2) is 47.7. The molecule has 1 amide bonds. The molecule has 21 N–H and O–H groups in total. The zero-order valence-electron chi connectivity index (χ0n) is 72.1. The van der Waals surface area contributed by atoms with Crippen molar-refractivity contribution in [3.05, 3.63) is 301 Å². The lowest BCUT2D eigenvalue weighted by atomic mass is 10.2. The monoisotopic (exact) mass is 2130 g/mol. The van der Waals surface area contributed by atoms with Crippen LogP contribution in [0.1, 0.15) is 0 Å². The number of ether oxygens (including phenoxy) is 4. The third kappa shape index (κ3) is 25.7. The number of nitrogens with one attached hydrogen (secondary N) is 3. The van der Waals surface area contributed by atoms with Crippen molar-refractivity contribution in [2.24, 2.45) is 0 Å². The van der Waals surface area contributed by atoms with Crippen LogP contribution >= 0.6 is 93.9 Å². The van der Waals surface area contributed by atoms with Gasteiger partial charge >= 0.3 is 29.8 Å². The number of nitro groups is 2. The highest BCUT2D eigenvalue weighted by Crippen LogP contribution is 2.41. The molecule has 0 aliphatic carbocycles. The summed E-state index contributed by atoms with van der Waals surface area (Å²) < 4.78 is 89.7. The Morgan fingerprint density at radius 3 is 1.08 bits per heavy atom. The van der Waals surface area contributed by atoms with Gasteiger partial charge in [0.05, 0.1) is 58.8 Å².